The quantitative estimate of drug-likeness (QED) is 0.720. The lowest BCUT2D eigenvalue weighted by molar-refractivity contribution is 0.865. The lowest BCUT2D eigenvalue weighted by atomic mass is 10.0. The number of hydrogen-bond donors (Lipinski definition) is 2. The zero-order chi connectivity index (χ0) is 14.8. The number of anilines is 1. The Kier molecular flexibility index (Phi) is 3.79. The molecule has 0 bridgehead atoms. The molecule has 0 fully saturated rings. The van der Waals surface area contributed by atoms with E-state index in [9.17, 15) is 0 Å². The number of nitrogens with one attached hydrogen (secondary N) is 2. The molecule has 0 radical (unpaired) electrons. The SMILES string of the molecule is CNc1nc(Sc2ccc(C(C)C)cc2)c2cn[nH]c2n1. The van der Waals surface area contributed by atoms with Crippen molar-refractivity contribution in [3.05, 3.63) is 36.0 Å². The van der Waals surface area contributed by atoms with Gasteiger partial charge in [-0.25, -0.2) is 4.98 Å². The second-order valence-electron chi connectivity index (χ2n) is 5.06. The summed E-state index contributed by atoms with van der Waals surface area (Å²) in [5.41, 5.74) is 2.09. The van der Waals surface area contributed by atoms with Gasteiger partial charge in [0, 0.05) is 11.9 Å². The smallest absolute Gasteiger partial charge is 0.225 e. The molecule has 1 aromatic carbocycles. The second kappa shape index (κ2) is 5.73. The van der Waals surface area contributed by atoms with Crippen LogP contribution in [0.1, 0.15) is 25.3 Å². The van der Waals surface area contributed by atoms with E-state index >= 15 is 0 Å². The number of hydrogen-bond acceptors (Lipinski definition) is 5. The van der Waals surface area contributed by atoms with Gasteiger partial charge in [-0.15, -0.1) is 0 Å². The predicted molar refractivity (Wildman–Crippen MR) is 85.9 cm³/mol. The van der Waals surface area contributed by atoms with E-state index in [1.54, 1.807) is 18.0 Å². The molecule has 2 N–H and O–H groups in total. The Balaban J connectivity index is 1.95. The summed E-state index contributed by atoms with van der Waals surface area (Å²) < 4.78 is 0. The van der Waals surface area contributed by atoms with Crippen molar-refractivity contribution < 1.29 is 0 Å². The van der Waals surface area contributed by atoms with Gasteiger partial charge < -0.3 is 5.32 Å². The molecule has 2 aromatic heterocycles. The number of rotatable bonds is 4. The van der Waals surface area contributed by atoms with E-state index in [1.807, 2.05) is 7.05 Å². The third-order valence-corrected chi connectivity index (χ3v) is 4.27. The average molecular weight is 299 g/mol. The van der Waals surface area contributed by atoms with Gasteiger partial charge in [0.15, 0.2) is 5.65 Å². The van der Waals surface area contributed by atoms with Crippen molar-refractivity contribution >= 4 is 28.7 Å². The molecule has 3 aromatic rings. The molecule has 21 heavy (non-hydrogen) atoms. The highest BCUT2D eigenvalue weighted by Gasteiger charge is 2.10. The van der Waals surface area contributed by atoms with Crippen LogP contribution in [0.2, 0.25) is 0 Å². The van der Waals surface area contributed by atoms with E-state index in [-0.39, 0.29) is 0 Å². The first-order chi connectivity index (χ1) is 10.2. The zero-order valence-corrected chi connectivity index (χ0v) is 13.0. The molecule has 3 rings (SSSR count). The largest absolute Gasteiger partial charge is 0.357 e. The Labute approximate surface area is 127 Å². The van der Waals surface area contributed by atoms with E-state index in [4.69, 9.17) is 0 Å². The molecule has 0 aliphatic heterocycles. The van der Waals surface area contributed by atoms with Gasteiger partial charge in [-0.2, -0.15) is 10.1 Å². The summed E-state index contributed by atoms with van der Waals surface area (Å²) in [6.45, 7) is 4.39. The minimum absolute atomic E-state index is 0.541. The van der Waals surface area contributed by atoms with Crippen molar-refractivity contribution in [3.8, 4) is 0 Å². The highest BCUT2D eigenvalue weighted by molar-refractivity contribution is 7.99. The summed E-state index contributed by atoms with van der Waals surface area (Å²) in [7, 11) is 1.81. The summed E-state index contributed by atoms with van der Waals surface area (Å²) in [6, 6.07) is 8.60. The van der Waals surface area contributed by atoms with Crippen molar-refractivity contribution in [3.63, 3.8) is 0 Å². The first-order valence-corrected chi connectivity index (χ1v) is 7.65. The van der Waals surface area contributed by atoms with Crippen molar-refractivity contribution in [1.29, 1.82) is 0 Å². The zero-order valence-electron chi connectivity index (χ0n) is 12.2. The van der Waals surface area contributed by atoms with Crippen LogP contribution in [0, 0.1) is 0 Å². The molecule has 0 atom stereocenters. The van der Waals surface area contributed by atoms with Gasteiger partial charge in [0.2, 0.25) is 5.95 Å². The molecule has 0 spiro atoms. The molecule has 0 saturated carbocycles. The molecule has 5 nitrogen and oxygen atoms in total. The lowest BCUT2D eigenvalue weighted by Gasteiger charge is -2.07. The van der Waals surface area contributed by atoms with Crippen LogP contribution in [0.5, 0.6) is 0 Å². The van der Waals surface area contributed by atoms with Crippen LogP contribution in [0.25, 0.3) is 11.0 Å². The summed E-state index contributed by atoms with van der Waals surface area (Å²) in [4.78, 5) is 10.0. The number of aromatic nitrogens is 4. The van der Waals surface area contributed by atoms with Crippen molar-refractivity contribution in [2.75, 3.05) is 12.4 Å². The molecule has 0 aliphatic rings. The maximum absolute atomic E-state index is 4.53. The average Bonchev–Trinajstić information content (AvgIpc) is 2.96. The van der Waals surface area contributed by atoms with Crippen LogP contribution >= 0.6 is 11.8 Å². The fourth-order valence-electron chi connectivity index (χ4n) is 2.03. The topological polar surface area (TPSA) is 66.5 Å². The van der Waals surface area contributed by atoms with Gasteiger partial charge in [0.25, 0.3) is 0 Å². The first-order valence-electron chi connectivity index (χ1n) is 6.84. The van der Waals surface area contributed by atoms with Crippen molar-refractivity contribution in [1.82, 2.24) is 20.2 Å². The predicted octanol–water partition coefficient (Wildman–Crippen LogP) is 3.67. The van der Waals surface area contributed by atoms with E-state index in [0.29, 0.717) is 11.9 Å². The highest BCUT2D eigenvalue weighted by Crippen LogP contribution is 2.32. The van der Waals surface area contributed by atoms with Crippen molar-refractivity contribution in [2.45, 2.75) is 29.7 Å². The number of aromatic amines is 1. The molecular formula is C15H17N5S. The van der Waals surface area contributed by atoms with Crippen LogP contribution < -0.4 is 5.32 Å². The molecular weight excluding hydrogens is 282 g/mol. The van der Waals surface area contributed by atoms with E-state index in [0.717, 1.165) is 21.0 Å². The maximum atomic E-state index is 4.53. The maximum Gasteiger partial charge on any atom is 0.225 e. The van der Waals surface area contributed by atoms with Gasteiger partial charge in [-0.05, 0) is 23.6 Å². The molecule has 108 valence electrons. The second-order valence-corrected chi connectivity index (χ2v) is 6.12. The van der Waals surface area contributed by atoms with Gasteiger partial charge in [-0.3, -0.25) is 5.10 Å². The number of nitrogens with zero attached hydrogens (tertiary/aromatic N) is 3. The summed E-state index contributed by atoms with van der Waals surface area (Å²) in [6.07, 6.45) is 1.76. The van der Waals surface area contributed by atoms with Gasteiger partial charge in [0.05, 0.1) is 11.6 Å². The molecule has 6 heteroatoms. The minimum Gasteiger partial charge on any atom is -0.357 e. The Morgan fingerprint density at radius 2 is 1.90 bits per heavy atom. The van der Waals surface area contributed by atoms with E-state index < -0.39 is 0 Å². The third kappa shape index (κ3) is 2.85. The van der Waals surface area contributed by atoms with Gasteiger partial charge in [0.1, 0.15) is 5.03 Å². The van der Waals surface area contributed by atoms with E-state index in [1.165, 1.54) is 5.56 Å². The van der Waals surface area contributed by atoms with Crippen LogP contribution in [-0.2, 0) is 0 Å². The molecule has 0 amide bonds. The summed E-state index contributed by atoms with van der Waals surface area (Å²) >= 11 is 1.62. The molecule has 0 saturated heterocycles. The lowest BCUT2D eigenvalue weighted by Crippen LogP contribution is -1.97. The Morgan fingerprint density at radius 3 is 2.57 bits per heavy atom. The fraction of sp³-hybridized carbons (Fsp3) is 0.267. The van der Waals surface area contributed by atoms with Crippen LogP contribution in [0.15, 0.2) is 40.4 Å². The van der Waals surface area contributed by atoms with Crippen LogP contribution in [0.4, 0.5) is 5.95 Å². The van der Waals surface area contributed by atoms with Crippen molar-refractivity contribution in [2.24, 2.45) is 0 Å². The Morgan fingerprint density at radius 1 is 1.14 bits per heavy atom. The Hall–Kier alpha value is -2.08. The molecule has 0 unspecified atom stereocenters. The normalized spacial score (nSPS) is 11.2. The summed E-state index contributed by atoms with van der Waals surface area (Å²) in [5, 5.41) is 11.7. The van der Waals surface area contributed by atoms with Crippen LogP contribution in [-0.4, -0.2) is 27.2 Å². The monoisotopic (exact) mass is 299 g/mol. The number of H-pyrrole nitrogens is 1. The summed E-state index contributed by atoms with van der Waals surface area (Å²) in [5.74, 6) is 1.13. The number of benzene rings is 1. The molecule has 2 heterocycles. The minimum atomic E-state index is 0.541. The number of fused-ring (bicyclic) bond motifs is 1. The van der Waals surface area contributed by atoms with Gasteiger partial charge >= 0.3 is 0 Å². The fourth-order valence-corrected chi connectivity index (χ4v) is 2.92. The van der Waals surface area contributed by atoms with E-state index in [2.05, 4.69) is 63.6 Å². The van der Waals surface area contributed by atoms with Crippen LogP contribution in [0.3, 0.4) is 0 Å². The van der Waals surface area contributed by atoms with Gasteiger partial charge in [-0.1, -0.05) is 37.7 Å². The molecule has 0 aliphatic carbocycles. The standard InChI is InChI=1S/C15H17N5S/c1-9(2)10-4-6-11(7-5-10)21-14-12-8-17-20-13(12)18-15(16-3)19-14/h4-9H,1-3H3,(H2,16,17,18,19,20). The highest BCUT2D eigenvalue weighted by atomic mass is 32.2. The Bertz CT molecular complexity index is 748. The first kappa shape index (κ1) is 13.9. The third-order valence-electron chi connectivity index (χ3n) is 3.26.